The molecule has 35 heavy (non-hydrogen) atoms. The number of hydrogen-bond acceptors (Lipinski definition) is 7. The van der Waals surface area contributed by atoms with Gasteiger partial charge in [0.05, 0.1) is 18.2 Å². The minimum atomic E-state index is -0.933. The summed E-state index contributed by atoms with van der Waals surface area (Å²) in [6, 6.07) is 12.8. The number of carboxylic acids is 2. The van der Waals surface area contributed by atoms with Crippen LogP contribution in [0, 0.1) is 0 Å². The molecule has 2 aromatic carbocycles. The Bertz CT molecular complexity index is 1390. The molecule has 1 aliphatic rings. The zero-order chi connectivity index (χ0) is 24.5. The Morgan fingerprint density at radius 2 is 1.86 bits per heavy atom. The first-order chi connectivity index (χ1) is 17.0. The predicted octanol–water partition coefficient (Wildman–Crippen LogP) is 3.68. The van der Waals surface area contributed by atoms with E-state index in [-0.39, 0.29) is 13.0 Å². The van der Waals surface area contributed by atoms with E-state index < -0.39 is 18.0 Å². The van der Waals surface area contributed by atoms with E-state index in [1.54, 1.807) is 19.4 Å². The quantitative estimate of drug-likeness (QED) is 0.382. The summed E-state index contributed by atoms with van der Waals surface area (Å²) in [6.45, 7) is 2.72. The molecule has 2 aromatic heterocycles. The minimum Gasteiger partial charge on any atom is -0.497 e. The largest absolute Gasteiger partial charge is 0.497 e. The van der Waals surface area contributed by atoms with E-state index in [0.29, 0.717) is 37.5 Å². The normalized spacial score (nSPS) is 15.5. The molecule has 9 nitrogen and oxygen atoms in total. The van der Waals surface area contributed by atoms with Gasteiger partial charge in [0.1, 0.15) is 17.6 Å². The molecule has 3 heterocycles. The number of aromatic nitrogens is 2. The van der Waals surface area contributed by atoms with Gasteiger partial charge in [0.25, 0.3) is 0 Å². The van der Waals surface area contributed by atoms with Crippen LogP contribution in [0.3, 0.4) is 0 Å². The molecule has 0 radical (unpaired) electrons. The fourth-order valence-corrected chi connectivity index (χ4v) is 5.62. The topological polar surface area (TPSA) is 108 Å². The van der Waals surface area contributed by atoms with E-state index in [1.165, 1.54) is 11.5 Å². The van der Waals surface area contributed by atoms with E-state index in [2.05, 4.69) is 21.4 Å². The average Bonchev–Trinajstić information content (AvgIpc) is 3.45. The van der Waals surface area contributed by atoms with Crippen molar-refractivity contribution in [3.05, 3.63) is 54.2 Å². The van der Waals surface area contributed by atoms with E-state index >= 15 is 0 Å². The van der Waals surface area contributed by atoms with E-state index in [9.17, 15) is 14.7 Å². The van der Waals surface area contributed by atoms with Crippen molar-refractivity contribution in [2.45, 2.75) is 19.0 Å². The van der Waals surface area contributed by atoms with Crippen LogP contribution in [0.15, 0.2) is 48.7 Å². The summed E-state index contributed by atoms with van der Waals surface area (Å²) < 4.78 is 13.0. The lowest BCUT2D eigenvalue weighted by atomic mass is 10.0. The van der Waals surface area contributed by atoms with Crippen LogP contribution in [0.25, 0.3) is 21.0 Å². The van der Waals surface area contributed by atoms with E-state index in [1.807, 2.05) is 33.7 Å². The fraction of sp³-hybridized carbons (Fsp3) is 0.320. The second kappa shape index (κ2) is 9.55. The van der Waals surface area contributed by atoms with Gasteiger partial charge in [-0.3, -0.25) is 14.5 Å². The van der Waals surface area contributed by atoms with Crippen LogP contribution < -0.4 is 9.64 Å². The highest BCUT2D eigenvalue weighted by atomic mass is 32.1. The number of anilines is 1. The number of fused-ring (bicyclic) bond motifs is 2. The third-order valence-corrected chi connectivity index (χ3v) is 7.37. The summed E-state index contributed by atoms with van der Waals surface area (Å²) in [5.41, 5.74) is 1.44. The molecular weight excluding hydrogens is 468 g/mol. The number of ether oxygens (including phenoxy) is 1. The Hall–Kier alpha value is -3.63. The number of aryl methyl sites for hydroxylation is 1. The molecule has 2 N–H and O–H groups in total. The van der Waals surface area contributed by atoms with Crippen molar-refractivity contribution in [3.63, 3.8) is 0 Å². The lowest BCUT2D eigenvalue weighted by Gasteiger charge is -2.38. The number of rotatable bonds is 8. The van der Waals surface area contributed by atoms with Crippen molar-refractivity contribution in [2.75, 3.05) is 38.2 Å². The van der Waals surface area contributed by atoms with Crippen LogP contribution in [-0.4, -0.2) is 69.3 Å². The molecule has 0 bridgehead atoms. The van der Waals surface area contributed by atoms with Gasteiger partial charge in [-0.1, -0.05) is 12.1 Å². The van der Waals surface area contributed by atoms with Crippen LogP contribution in [0.5, 0.6) is 5.75 Å². The summed E-state index contributed by atoms with van der Waals surface area (Å²) in [7, 11) is 1.57. The summed E-state index contributed by atoms with van der Waals surface area (Å²) >= 11 is 1.47. The zero-order valence-corrected chi connectivity index (χ0v) is 20.1. The summed E-state index contributed by atoms with van der Waals surface area (Å²) in [5.74, 6) is -0.258. The van der Waals surface area contributed by atoms with Gasteiger partial charge < -0.3 is 24.4 Å². The van der Waals surface area contributed by atoms with Crippen LogP contribution in [0.4, 0.5) is 5.82 Å². The molecule has 4 aromatic rings. The Balaban J connectivity index is 1.44. The SMILES string of the molecule is COc1ccc2c(c1)c(C(C(=O)O)N1CCN(c3nsc4ccccc34)CC1)cn2CCC(=O)O. The third-order valence-electron chi connectivity index (χ3n) is 6.55. The first-order valence-corrected chi connectivity index (χ1v) is 12.2. The monoisotopic (exact) mass is 494 g/mol. The lowest BCUT2D eigenvalue weighted by molar-refractivity contribution is -0.143. The molecule has 1 saturated heterocycles. The van der Waals surface area contributed by atoms with Gasteiger partial charge in [0, 0.05) is 60.8 Å². The highest BCUT2D eigenvalue weighted by Gasteiger charge is 2.33. The van der Waals surface area contributed by atoms with Crippen molar-refractivity contribution in [1.29, 1.82) is 0 Å². The highest BCUT2D eigenvalue weighted by molar-refractivity contribution is 7.13. The highest BCUT2D eigenvalue weighted by Crippen LogP contribution is 2.35. The Labute approximate surface area is 205 Å². The Kier molecular flexibility index (Phi) is 6.31. The van der Waals surface area contributed by atoms with Crippen molar-refractivity contribution in [1.82, 2.24) is 13.8 Å². The maximum atomic E-state index is 12.6. The second-order valence-corrected chi connectivity index (χ2v) is 9.38. The molecule has 10 heteroatoms. The van der Waals surface area contributed by atoms with Gasteiger partial charge in [0.15, 0.2) is 0 Å². The molecule has 1 atom stereocenters. The number of carboxylic acid groups (broad SMARTS) is 2. The molecule has 1 fully saturated rings. The van der Waals surface area contributed by atoms with Crippen LogP contribution in [0.1, 0.15) is 18.0 Å². The van der Waals surface area contributed by atoms with Gasteiger partial charge in [-0.15, -0.1) is 0 Å². The number of hydrogen-bond donors (Lipinski definition) is 2. The van der Waals surface area contributed by atoms with Crippen LogP contribution in [0.2, 0.25) is 0 Å². The average molecular weight is 495 g/mol. The molecular formula is C25H26N4O5S. The van der Waals surface area contributed by atoms with Crippen molar-refractivity contribution >= 4 is 50.3 Å². The maximum absolute atomic E-state index is 12.6. The molecule has 5 rings (SSSR count). The molecule has 182 valence electrons. The smallest absolute Gasteiger partial charge is 0.325 e. The van der Waals surface area contributed by atoms with Crippen molar-refractivity contribution in [2.24, 2.45) is 0 Å². The number of nitrogens with zero attached hydrogens (tertiary/aromatic N) is 4. The van der Waals surface area contributed by atoms with E-state index in [4.69, 9.17) is 9.84 Å². The Morgan fingerprint density at radius 3 is 2.57 bits per heavy atom. The minimum absolute atomic E-state index is 0.0484. The second-order valence-electron chi connectivity index (χ2n) is 8.57. The van der Waals surface area contributed by atoms with Gasteiger partial charge in [0.2, 0.25) is 0 Å². The number of methoxy groups -OCH3 is 1. The molecule has 0 saturated carbocycles. The van der Waals surface area contributed by atoms with E-state index in [0.717, 1.165) is 26.8 Å². The number of benzene rings is 2. The van der Waals surface area contributed by atoms with Crippen LogP contribution >= 0.6 is 11.5 Å². The molecule has 0 spiro atoms. The van der Waals surface area contributed by atoms with Gasteiger partial charge in [-0.25, -0.2) is 0 Å². The fourth-order valence-electron chi connectivity index (χ4n) is 4.83. The summed E-state index contributed by atoms with van der Waals surface area (Å²) in [6.07, 6.45) is 1.74. The van der Waals surface area contributed by atoms with Crippen LogP contribution in [-0.2, 0) is 16.1 Å². The summed E-state index contributed by atoms with van der Waals surface area (Å²) in [4.78, 5) is 27.9. The zero-order valence-electron chi connectivity index (χ0n) is 19.3. The van der Waals surface area contributed by atoms with Gasteiger partial charge in [-0.05, 0) is 41.9 Å². The van der Waals surface area contributed by atoms with Crippen molar-refractivity contribution in [3.8, 4) is 5.75 Å². The summed E-state index contributed by atoms with van der Waals surface area (Å²) in [5, 5.41) is 21.3. The molecule has 1 unspecified atom stereocenters. The number of carbonyl (C=O) groups is 2. The number of aliphatic carboxylic acids is 2. The third kappa shape index (κ3) is 4.42. The predicted molar refractivity (Wildman–Crippen MR) is 135 cm³/mol. The Morgan fingerprint density at radius 1 is 1.09 bits per heavy atom. The van der Waals surface area contributed by atoms with Crippen molar-refractivity contribution < 1.29 is 24.5 Å². The molecule has 1 aliphatic heterocycles. The molecule has 0 amide bonds. The first kappa shape index (κ1) is 23.1. The maximum Gasteiger partial charge on any atom is 0.325 e. The number of piperazine rings is 1. The van der Waals surface area contributed by atoms with Gasteiger partial charge >= 0.3 is 11.9 Å². The first-order valence-electron chi connectivity index (χ1n) is 11.4. The lowest BCUT2D eigenvalue weighted by Crippen LogP contribution is -2.49. The molecule has 0 aliphatic carbocycles. The standard InChI is InChI=1S/C25H26N4O5S/c1-34-16-6-7-20-18(14-16)19(15-29(20)9-8-22(30)31)23(25(32)33)27-10-12-28(13-11-27)24-17-4-2-3-5-21(17)35-26-24/h2-7,14-15,23H,8-13H2,1H3,(H,30,31)(H,32,33). The van der Waals surface area contributed by atoms with Gasteiger partial charge in [-0.2, -0.15) is 4.37 Å².